The Labute approximate surface area is 210 Å². The summed E-state index contributed by atoms with van der Waals surface area (Å²) in [5.74, 6) is -4.64. The molecule has 12 heteroatoms. The van der Waals surface area contributed by atoms with Crippen LogP contribution in [0.3, 0.4) is 0 Å². The molecule has 1 amide bonds. The Balaban J connectivity index is 1.84. The summed E-state index contributed by atoms with van der Waals surface area (Å²) in [6.45, 7) is 0.620. The zero-order chi connectivity index (χ0) is 26.7. The number of anilines is 1. The second-order valence-corrected chi connectivity index (χ2v) is 9.02. The minimum atomic E-state index is -4.54. The van der Waals surface area contributed by atoms with Crippen molar-refractivity contribution in [1.29, 1.82) is 5.41 Å². The Hall–Kier alpha value is -3.21. The molecule has 36 heavy (non-hydrogen) atoms. The van der Waals surface area contributed by atoms with Crippen LogP contribution in [0.2, 0.25) is 5.02 Å². The van der Waals surface area contributed by atoms with Crippen molar-refractivity contribution in [3.8, 4) is 0 Å². The average molecular weight is 530 g/mol. The van der Waals surface area contributed by atoms with Gasteiger partial charge in [-0.2, -0.15) is 13.2 Å². The summed E-state index contributed by atoms with van der Waals surface area (Å²) in [5.41, 5.74) is -0.804. The molecular weight excluding hydrogens is 505 g/mol. The van der Waals surface area contributed by atoms with Crippen LogP contribution in [0.1, 0.15) is 24.5 Å². The third-order valence-corrected chi connectivity index (χ3v) is 6.07. The molecule has 1 aromatic heterocycles. The number of nitrogens with one attached hydrogen (secondary N) is 3. The van der Waals surface area contributed by atoms with E-state index in [1.165, 1.54) is 6.20 Å². The fourth-order valence-corrected chi connectivity index (χ4v) is 4.30. The maximum Gasteiger partial charge on any atom is 0.417 e. The van der Waals surface area contributed by atoms with Crippen LogP contribution in [-0.4, -0.2) is 53.6 Å². The van der Waals surface area contributed by atoms with Crippen LogP contribution in [-0.2, 0) is 11.0 Å². The average Bonchev–Trinajstić information content (AvgIpc) is 2.80. The van der Waals surface area contributed by atoms with Crippen molar-refractivity contribution in [2.45, 2.75) is 31.5 Å². The standard InChI is InChI=1S/C24H25ClF5N5O/c1-14-9-23(26,27)13-35(19(14)12-34-20-7-6-16(10-33-20)24(28,29)30)22(36)21(31)18(11-32-2)15-4-3-5-17(25)8-15/h3-8,10-11,14,19,31-32H,9,12-13H2,1-2H3,(H,33,34)/b18-11-,31-21?/t14?,19-/m1/s1. The maximum absolute atomic E-state index is 14.5. The van der Waals surface area contributed by atoms with Crippen molar-refractivity contribution in [3.63, 3.8) is 0 Å². The highest BCUT2D eigenvalue weighted by molar-refractivity contribution is 6.54. The van der Waals surface area contributed by atoms with Crippen molar-refractivity contribution in [2.75, 3.05) is 25.5 Å². The van der Waals surface area contributed by atoms with Crippen LogP contribution in [0.25, 0.3) is 5.57 Å². The Morgan fingerprint density at radius 2 is 2.03 bits per heavy atom. The highest BCUT2D eigenvalue weighted by Gasteiger charge is 2.46. The second-order valence-electron chi connectivity index (χ2n) is 8.58. The number of piperidine rings is 1. The van der Waals surface area contributed by atoms with Gasteiger partial charge in [-0.05, 0) is 35.7 Å². The minimum absolute atomic E-state index is 0.0448. The normalized spacial score (nSPS) is 20.1. The van der Waals surface area contributed by atoms with E-state index in [2.05, 4.69) is 15.6 Å². The third-order valence-electron chi connectivity index (χ3n) is 5.83. The molecule has 1 fully saturated rings. The smallest absolute Gasteiger partial charge is 0.393 e. The van der Waals surface area contributed by atoms with Crippen molar-refractivity contribution in [2.24, 2.45) is 5.92 Å². The molecule has 1 aromatic carbocycles. The molecule has 2 atom stereocenters. The summed E-state index contributed by atoms with van der Waals surface area (Å²) < 4.78 is 67.4. The fourth-order valence-electron chi connectivity index (χ4n) is 4.11. The van der Waals surface area contributed by atoms with Crippen molar-refractivity contribution < 1.29 is 26.7 Å². The van der Waals surface area contributed by atoms with Crippen LogP contribution >= 0.6 is 11.6 Å². The Kier molecular flexibility index (Phi) is 8.22. The van der Waals surface area contributed by atoms with Gasteiger partial charge in [0.25, 0.3) is 11.8 Å². The number of alkyl halides is 5. The first-order valence-corrected chi connectivity index (χ1v) is 11.4. The number of aromatic nitrogens is 1. The summed E-state index contributed by atoms with van der Waals surface area (Å²) in [7, 11) is 1.57. The molecule has 0 saturated carbocycles. The number of carbonyl (C=O) groups is 1. The zero-order valence-electron chi connectivity index (χ0n) is 19.5. The monoisotopic (exact) mass is 529 g/mol. The van der Waals surface area contributed by atoms with Crippen molar-refractivity contribution in [1.82, 2.24) is 15.2 Å². The molecule has 0 bridgehead atoms. The highest BCUT2D eigenvalue weighted by atomic mass is 35.5. The van der Waals surface area contributed by atoms with Gasteiger partial charge in [-0.1, -0.05) is 30.7 Å². The minimum Gasteiger partial charge on any atom is -0.393 e. The lowest BCUT2D eigenvalue weighted by Crippen LogP contribution is -2.58. The second kappa shape index (κ2) is 10.8. The van der Waals surface area contributed by atoms with Gasteiger partial charge in [0.2, 0.25) is 0 Å². The molecule has 1 unspecified atom stereocenters. The van der Waals surface area contributed by atoms with E-state index in [0.29, 0.717) is 16.8 Å². The molecule has 2 heterocycles. The molecule has 194 valence electrons. The lowest BCUT2D eigenvalue weighted by atomic mass is 9.87. The van der Waals surface area contributed by atoms with E-state index in [1.807, 2.05) is 0 Å². The number of amides is 1. The molecule has 1 saturated heterocycles. The topological polar surface area (TPSA) is 81.1 Å². The predicted octanol–water partition coefficient (Wildman–Crippen LogP) is 5.32. The number of halogens is 6. The molecule has 0 aliphatic carbocycles. The molecule has 0 spiro atoms. The fraction of sp³-hybridized carbons (Fsp3) is 0.375. The molecule has 6 nitrogen and oxygen atoms in total. The van der Waals surface area contributed by atoms with Crippen molar-refractivity contribution in [3.05, 3.63) is 64.9 Å². The number of hydrogen-bond donors (Lipinski definition) is 3. The summed E-state index contributed by atoms with van der Waals surface area (Å²) >= 11 is 6.05. The van der Waals surface area contributed by atoms with E-state index >= 15 is 0 Å². The van der Waals surface area contributed by atoms with Crippen LogP contribution < -0.4 is 10.6 Å². The number of carbonyl (C=O) groups excluding carboxylic acids is 1. The van der Waals surface area contributed by atoms with Crippen LogP contribution in [0.4, 0.5) is 27.8 Å². The van der Waals surface area contributed by atoms with Crippen LogP contribution in [0, 0.1) is 11.3 Å². The van der Waals surface area contributed by atoms with Gasteiger partial charge in [0.1, 0.15) is 11.5 Å². The van der Waals surface area contributed by atoms with Gasteiger partial charge in [0, 0.05) is 43.0 Å². The number of hydrogen-bond acceptors (Lipinski definition) is 5. The number of benzene rings is 1. The van der Waals surface area contributed by atoms with Gasteiger partial charge in [-0.3, -0.25) is 10.2 Å². The summed E-state index contributed by atoms with van der Waals surface area (Å²) in [5, 5.41) is 14.5. The Morgan fingerprint density at radius 1 is 1.31 bits per heavy atom. The van der Waals surface area contributed by atoms with E-state index in [1.54, 1.807) is 38.2 Å². The summed E-state index contributed by atoms with van der Waals surface area (Å²) in [6.07, 6.45) is -2.94. The number of pyridine rings is 1. The van der Waals surface area contributed by atoms with E-state index in [-0.39, 0.29) is 17.9 Å². The molecule has 1 aliphatic heterocycles. The maximum atomic E-state index is 14.5. The van der Waals surface area contributed by atoms with Gasteiger partial charge < -0.3 is 15.5 Å². The van der Waals surface area contributed by atoms with E-state index < -0.39 is 54.2 Å². The van der Waals surface area contributed by atoms with Gasteiger partial charge >= 0.3 is 6.18 Å². The summed E-state index contributed by atoms with van der Waals surface area (Å²) in [6, 6.07) is 7.67. The quantitative estimate of drug-likeness (QED) is 0.335. The SMILES string of the molecule is CN/C=C(\C(=N)C(=O)N1CC(F)(F)CC(C)[C@H]1CNc1ccc(C(F)(F)F)cn1)c1cccc(Cl)c1. The van der Waals surface area contributed by atoms with E-state index in [0.717, 1.165) is 17.0 Å². The third kappa shape index (κ3) is 6.51. The van der Waals surface area contributed by atoms with Crippen LogP contribution in [0.15, 0.2) is 48.8 Å². The Morgan fingerprint density at radius 3 is 2.61 bits per heavy atom. The lowest BCUT2D eigenvalue weighted by molar-refractivity contribution is -0.145. The zero-order valence-corrected chi connectivity index (χ0v) is 20.2. The number of likely N-dealkylation sites (tertiary alicyclic amines) is 1. The Bertz CT molecular complexity index is 1140. The van der Waals surface area contributed by atoms with Gasteiger partial charge in [-0.25, -0.2) is 13.8 Å². The van der Waals surface area contributed by atoms with E-state index in [4.69, 9.17) is 17.0 Å². The molecule has 3 N–H and O–H groups in total. The molecule has 2 aromatic rings. The lowest BCUT2D eigenvalue weighted by Gasteiger charge is -2.43. The van der Waals surface area contributed by atoms with E-state index in [9.17, 15) is 26.7 Å². The highest BCUT2D eigenvalue weighted by Crippen LogP contribution is 2.35. The first kappa shape index (κ1) is 27.4. The first-order chi connectivity index (χ1) is 16.8. The molecule has 3 rings (SSSR count). The first-order valence-electron chi connectivity index (χ1n) is 11.0. The predicted molar refractivity (Wildman–Crippen MR) is 128 cm³/mol. The summed E-state index contributed by atoms with van der Waals surface area (Å²) in [4.78, 5) is 18.1. The van der Waals surface area contributed by atoms with Crippen molar-refractivity contribution >= 4 is 34.6 Å². The number of nitrogens with zero attached hydrogens (tertiary/aromatic N) is 2. The van der Waals surface area contributed by atoms with Gasteiger partial charge in [0.05, 0.1) is 18.2 Å². The van der Waals surface area contributed by atoms with Gasteiger partial charge in [-0.15, -0.1) is 0 Å². The largest absolute Gasteiger partial charge is 0.417 e. The molecule has 0 radical (unpaired) electrons. The van der Waals surface area contributed by atoms with Crippen LogP contribution in [0.5, 0.6) is 0 Å². The molecule has 1 aliphatic rings. The van der Waals surface area contributed by atoms with Gasteiger partial charge in [0.15, 0.2) is 0 Å². The molecular formula is C24H25ClF5N5O. The number of rotatable bonds is 7.